The van der Waals surface area contributed by atoms with E-state index < -0.39 is 0 Å². The van der Waals surface area contributed by atoms with Crippen LogP contribution in [-0.2, 0) is 0 Å². The number of anilines is 2. The van der Waals surface area contributed by atoms with Gasteiger partial charge in [0.1, 0.15) is 5.82 Å². The maximum Gasteiger partial charge on any atom is 0.180 e. The summed E-state index contributed by atoms with van der Waals surface area (Å²) in [4.78, 5) is 11.5. The third-order valence-electron chi connectivity index (χ3n) is 3.89. The van der Waals surface area contributed by atoms with Gasteiger partial charge < -0.3 is 15.0 Å². The van der Waals surface area contributed by atoms with Crippen LogP contribution in [0.4, 0.5) is 11.6 Å². The molecule has 6 heteroatoms. The van der Waals surface area contributed by atoms with Gasteiger partial charge in [-0.3, -0.25) is 4.90 Å². The molecule has 1 fully saturated rings. The summed E-state index contributed by atoms with van der Waals surface area (Å²) in [7, 11) is 0. The van der Waals surface area contributed by atoms with E-state index in [2.05, 4.69) is 39.3 Å². The first-order valence-electron chi connectivity index (χ1n) is 7.87. The summed E-state index contributed by atoms with van der Waals surface area (Å²) in [5, 5.41) is 6.70. The highest BCUT2D eigenvalue weighted by atomic mass is 15.2. The lowest BCUT2D eigenvalue weighted by Crippen LogP contribution is -2.31. The number of hydrogen-bond acceptors (Lipinski definition) is 5. The smallest absolute Gasteiger partial charge is 0.180 e. The van der Waals surface area contributed by atoms with E-state index in [1.54, 1.807) is 6.20 Å². The number of imidazole rings is 1. The molecule has 2 heterocycles. The predicted octanol–water partition coefficient (Wildman–Crippen LogP) is 2.06. The van der Waals surface area contributed by atoms with Gasteiger partial charge >= 0.3 is 0 Å². The van der Waals surface area contributed by atoms with Crippen LogP contribution in [0.1, 0.15) is 26.7 Å². The van der Waals surface area contributed by atoms with Crippen LogP contribution < -0.4 is 10.6 Å². The van der Waals surface area contributed by atoms with Crippen molar-refractivity contribution in [3.8, 4) is 0 Å². The molecule has 2 N–H and O–H groups in total. The van der Waals surface area contributed by atoms with Gasteiger partial charge in [0.05, 0.1) is 6.20 Å². The maximum absolute atomic E-state index is 4.62. The average Bonchev–Trinajstić information content (AvgIpc) is 3.21. The van der Waals surface area contributed by atoms with Crippen molar-refractivity contribution in [2.75, 3.05) is 36.8 Å². The van der Waals surface area contributed by atoms with Crippen LogP contribution in [0, 0.1) is 0 Å². The first kappa shape index (κ1) is 14.1. The lowest BCUT2D eigenvalue weighted by molar-refractivity contribution is 0.289. The third-order valence-corrected chi connectivity index (χ3v) is 3.89. The van der Waals surface area contributed by atoms with Crippen molar-refractivity contribution in [2.24, 2.45) is 0 Å². The fourth-order valence-electron chi connectivity index (χ4n) is 2.67. The monoisotopic (exact) mass is 288 g/mol. The topological polar surface area (TPSA) is 57.5 Å². The van der Waals surface area contributed by atoms with Crippen LogP contribution in [0.2, 0.25) is 0 Å². The van der Waals surface area contributed by atoms with Crippen molar-refractivity contribution >= 4 is 17.3 Å². The number of aromatic nitrogens is 3. The molecule has 0 atom stereocenters. The van der Waals surface area contributed by atoms with Gasteiger partial charge in [0.2, 0.25) is 0 Å². The molecule has 0 amide bonds. The van der Waals surface area contributed by atoms with Gasteiger partial charge in [-0.05, 0) is 26.3 Å². The number of likely N-dealkylation sites (N-methyl/N-ethyl adjacent to an activating group) is 1. The summed E-state index contributed by atoms with van der Waals surface area (Å²) in [6.45, 7) is 8.24. The van der Waals surface area contributed by atoms with E-state index in [0.717, 1.165) is 49.5 Å². The zero-order valence-electron chi connectivity index (χ0n) is 12.8. The number of fused-ring (bicyclic) bond motifs is 1. The Morgan fingerprint density at radius 3 is 2.90 bits per heavy atom. The van der Waals surface area contributed by atoms with E-state index in [-0.39, 0.29) is 0 Å². The van der Waals surface area contributed by atoms with Gasteiger partial charge in [0, 0.05) is 38.1 Å². The van der Waals surface area contributed by atoms with Crippen molar-refractivity contribution in [2.45, 2.75) is 32.7 Å². The zero-order chi connectivity index (χ0) is 14.7. The van der Waals surface area contributed by atoms with Gasteiger partial charge in [0.15, 0.2) is 11.5 Å². The molecule has 1 aliphatic carbocycles. The fourth-order valence-corrected chi connectivity index (χ4v) is 2.67. The summed E-state index contributed by atoms with van der Waals surface area (Å²) in [5.74, 6) is 1.73. The molecule has 0 unspecified atom stereocenters. The number of rotatable bonds is 8. The molecule has 0 aromatic carbocycles. The summed E-state index contributed by atoms with van der Waals surface area (Å²) >= 11 is 0. The summed E-state index contributed by atoms with van der Waals surface area (Å²) in [5.41, 5.74) is 0.881. The van der Waals surface area contributed by atoms with Crippen LogP contribution in [-0.4, -0.2) is 51.5 Å². The Kier molecular flexibility index (Phi) is 4.24. The van der Waals surface area contributed by atoms with Crippen molar-refractivity contribution in [3.63, 3.8) is 0 Å². The molecule has 0 bridgehead atoms. The largest absolute Gasteiger partial charge is 0.369 e. The SMILES string of the molecule is CCNc1cn2ccnc2c(NCCN(CC)C2CC2)n1. The second-order valence-electron chi connectivity index (χ2n) is 5.45. The normalized spacial score (nSPS) is 14.8. The van der Waals surface area contributed by atoms with Gasteiger partial charge in [-0.2, -0.15) is 0 Å². The Bertz CT molecular complexity index is 589. The summed E-state index contributed by atoms with van der Waals surface area (Å²) in [6.07, 6.45) is 8.44. The predicted molar refractivity (Wildman–Crippen MR) is 85.9 cm³/mol. The van der Waals surface area contributed by atoms with E-state index in [1.165, 1.54) is 12.8 Å². The van der Waals surface area contributed by atoms with Crippen LogP contribution in [0.25, 0.3) is 5.65 Å². The number of hydrogen-bond donors (Lipinski definition) is 2. The first-order valence-corrected chi connectivity index (χ1v) is 7.87. The lowest BCUT2D eigenvalue weighted by atomic mass is 10.4. The number of nitrogens with zero attached hydrogens (tertiary/aromatic N) is 4. The minimum Gasteiger partial charge on any atom is -0.369 e. The molecular weight excluding hydrogens is 264 g/mol. The average molecular weight is 288 g/mol. The third kappa shape index (κ3) is 3.26. The van der Waals surface area contributed by atoms with Crippen LogP contribution in [0.3, 0.4) is 0 Å². The second-order valence-corrected chi connectivity index (χ2v) is 5.45. The zero-order valence-corrected chi connectivity index (χ0v) is 12.8. The first-order chi connectivity index (χ1) is 10.3. The minimum atomic E-state index is 0.810. The lowest BCUT2D eigenvalue weighted by Gasteiger charge is -2.20. The Balaban J connectivity index is 1.68. The Labute approximate surface area is 125 Å². The molecule has 114 valence electrons. The standard InChI is InChI=1S/C15H24N6/c1-3-16-13-11-21-10-8-18-15(21)14(19-13)17-7-9-20(4-2)12-5-6-12/h8,10-12,16H,3-7,9H2,1-2H3,(H,17,19). The van der Waals surface area contributed by atoms with Gasteiger partial charge in [-0.1, -0.05) is 6.92 Å². The highest BCUT2D eigenvalue weighted by Gasteiger charge is 2.27. The van der Waals surface area contributed by atoms with Crippen molar-refractivity contribution < 1.29 is 0 Å². The van der Waals surface area contributed by atoms with Crippen molar-refractivity contribution in [1.82, 2.24) is 19.3 Å². The van der Waals surface area contributed by atoms with E-state index in [0.29, 0.717) is 0 Å². The fraction of sp³-hybridized carbons (Fsp3) is 0.600. The van der Waals surface area contributed by atoms with E-state index in [4.69, 9.17) is 0 Å². The molecule has 0 spiro atoms. The molecule has 6 nitrogen and oxygen atoms in total. The van der Waals surface area contributed by atoms with E-state index >= 15 is 0 Å². The van der Waals surface area contributed by atoms with Crippen molar-refractivity contribution in [1.29, 1.82) is 0 Å². The van der Waals surface area contributed by atoms with Gasteiger partial charge in [0.25, 0.3) is 0 Å². The summed E-state index contributed by atoms with van der Waals surface area (Å²) < 4.78 is 2.01. The highest BCUT2D eigenvalue weighted by molar-refractivity contribution is 5.65. The van der Waals surface area contributed by atoms with Crippen molar-refractivity contribution in [3.05, 3.63) is 18.6 Å². The maximum atomic E-state index is 4.62. The molecule has 0 saturated heterocycles. The van der Waals surface area contributed by atoms with E-state index in [1.807, 2.05) is 16.8 Å². The van der Waals surface area contributed by atoms with Crippen LogP contribution in [0.5, 0.6) is 0 Å². The Hall–Kier alpha value is -1.82. The van der Waals surface area contributed by atoms with E-state index in [9.17, 15) is 0 Å². The molecule has 1 saturated carbocycles. The van der Waals surface area contributed by atoms with Crippen LogP contribution in [0.15, 0.2) is 18.6 Å². The molecule has 1 aliphatic rings. The van der Waals surface area contributed by atoms with Gasteiger partial charge in [-0.15, -0.1) is 0 Å². The highest BCUT2D eigenvalue weighted by Crippen LogP contribution is 2.26. The summed E-state index contributed by atoms with van der Waals surface area (Å²) in [6, 6.07) is 0.810. The van der Waals surface area contributed by atoms with Crippen LogP contribution >= 0.6 is 0 Å². The molecule has 2 aromatic rings. The number of nitrogens with one attached hydrogen (secondary N) is 2. The minimum absolute atomic E-state index is 0.810. The Morgan fingerprint density at radius 2 is 2.19 bits per heavy atom. The second kappa shape index (κ2) is 6.30. The molecular formula is C15H24N6. The molecule has 0 radical (unpaired) electrons. The van der Waals surface area contributed by atoms with Gasteiger partial charge in [-0.25, -0.2) is 9.97 Å². The quantitative estimate of drug-likeness (QED) is 0.778. The molecule has 21 heavy (non-hydrogen) atoms. The molecule has 0 aliphatic heterocycles. The Morgan fingerprint density at radius 1 is 1.33 bits per heavy atom. The molecule has 3 rings (SSSR count). The molecule has 2 aromatic heterocycles.